The Morgan fingerprint density at radius 1 is 1.32 bits per heavy atom. The number of ether oxygens (including phenoxy) is 1. The van der Waals surface area contributed by atoms with Gasteiger partial charge in [0.25, 0.3) is 5.91 Å². The Labute approximate surface area is 129 Å². The lowest BCUT2D eigenvalue weighted by atomic mass is 10.1. The smallest absolute Gasteiger partial charge is 0.418 e. The number of nitrogens with one attached hydrogen (secondary N) is 1. The lowest BCUT2D eigenvalue weighted by Crippen LogP contribution is -2.22. The lowest BCUT2D eigenvalue weighted by Gasteiger charge is -2.14. The predicted molar refractivity (Wildman–Crippen MR) is 75.5 cm³/mol. The number of allylic oxidation sites excluding steroid dienone is 1. The number of esters is 1. The average molecular weight is 336 g/mol. The molecule has 1 aromatic rings. The van der Waals surface area contributed by atoms with Crippen LogP contribution in [0.4, 0.5) is 18.9 Å². The second kappa shape index (κ2) is 7.31. The number of amides is 1. The quantitative estimate of drug-likeness (QED) is 0.672. The van der Waals surface area contributed by atoms with Gasteiger partial charge in [-0.05, 0) is 32.0 Å². The summed E-state index contributed by atoms with van der Waals surface area (Å²) in [7, 11) is 0. The maximum absolute atomic E-state index is 12.8. The topological polar surface area (TPSA) is 55.4 Å². The van der Waals surface area contributed by atoms with E-state index in [0.717, 1.165) is 12.1 Å². The van der Waals surface area contributed by atoms with Gasteiger partial charge in [-0.1, -0.05) is 17.2 Å². The highest BCUT2D eigenvalue weighted by Gasteiger charge is 2.34. The number of alkyl halides is 3. The number of hydrogen-bond acceptors (Lipinski definition) is 3. The fraction of sp³-hybridized carbons (Fsp3) is 0.286. The molecule has 0 saturated carbocycles. The summed E-state index contributed by atoms with van der Waals surface area (Å²) in [4.78, 5) is 22.8. The first-order chi connectivity index (χ1) is 10.1. The lowest BCUT2D eigenvalue weighted by molar-refractivity contribution is -0.142. The van der Waals surface area contributed by atoms with Crippen LogP contribution in [-0.2, 0) is 20.5 Å². The van der Waals surface area contributed by atoms with Crippen LogP contribution in [-0.4, -0.2) is 18.5 Å². The van der Waals surface area contributed by atoms with Crippen LogP contribution in [0.1, 0.15) is 19.4 Å². The zero-order chi connectivity index (χ0) is 16.9. The van der Waals surface area contributed by atoms with E-state index in [1.54, 1.807) is 13.8 Å². The van der Waals surface area contributed by atoms with E-state index >= 15 is 0 Å². The first kappa shape index (κ1) is 18.0. The van der Waals surface area contributed by atoms with Crippen LogP contribution in [0.3, 0.4) is 0 Å². The summed E-state index contributed by atoms with van der Waals surface area (Å²) < 4.78 is 43.1. The van der Waals surface area contributed by atoms with Crippen molar-refractivity contribution >= 4 is 29.2 Å². The zero-order valence-electron chi connectivity index (χ0n) is 11.8. The van der Waals surface area contributed by atoms with Crippen LogP contribution in [0, 0.1) is 0 Å². The fourth-order valence-corrected chi connectivity index (χ4v) is 1.63. The summed E-state index contributed by atoms with van der Waals surface area (Å²) in [6.07, 6.45) is -3.51. The fourth-order valence-electron chi connectivity index (χ4n) is 1.46. The van der Waals surface area contributed by atoms with E-state index in [9.17, 15) is 22.8 Å². The summed E-state index contributed by atoms with van der Waals surface area (Å²) in [6, 6.07) is 2.94. The zero-order valence-corrected chi connectivity index (χ0v) is 12.5. The minimum Gasteiger partial charge on any atom is -0.452 e. The molecule has 22 heavy (non-hydrogen) atoms. The largest absolute Gasteiger partial charge is 0.452 e. The Morgan fingerprint density at radius 3 is 2.50 bits per heavy atom. The third-order valence-electron chi connectivity index (χ3n) is 2.31. The molecule has 0 heterocycles. The van der Waals surface area contributed by atoms with Gasteiger partial charge in [0.2, 0.25) is 0 Å². The van der Waals surface area contributed by atoms with Gasteiger partial charge in [0.1, 0.15) is 0 Å². The number of halogens is 4. The normalized spacial score (nSPS) is 10.8. The van der Waals surface area contributed by atoms with Crippen LogP contribution in [0.2, 0.25) is 5.02 Å². The number of rotatable bonds is 4. The molecule has 120 valence electrons. The highest BCUT2D eigenvalue weighted by molar-refractivity contribution is 6.30. The highest BCUT2D eigenvalue weighted by Crippen LogP contribution is 2.36. The van der Waals surface area contributed by atoms with E-state index in [1.165, 1.54) is 6.07 Å². The van der Waals surface area contributed by atoms with Gasteiger partial charge in [-0.3, -0.25) is 4.79 Å². The molecule has 0 saturated heterocycles. The van der Waals surface area contributed by atoms with Crippen molar-refractivity contribution in [3.8, 4) is 0 Å². The molecular weight excluding hydrogens is 323 g/mol. The maximum atomic E-state index is 12.8. The van der Waals surface area contributed by atoms with Crippen molar-refractivity contribution in [3.05, 3.63) is 40.4 Å². The maximum Gasteiger partial charge on any atom is 0.418 e. The Hall–Kier alpha value is -2.02. The second-order valence-corrected chi connectivity index (χ2v) is 5.00. The summed E-state index contributed by atoms with van der Waals surface area (Å²) >= 11 is 5.52. The predicted octanol–water partition coefficient (Wildman–Crippen LogP) is 3.81. The molecule has 0 unspecified atom stereocenters. The molecular formula is C14H13ClF3NO3. The molecule has 8 heteroatoms. The van der Waals surface area contributed by atoms with Crippen molar-refractivity contribution in [1.29, 1.82) is 0 Å². The number of anilines is 1. The Morgan fingerprint density at radius 2 is 1.95 bits per heavy atom. The molecule has 0 aliphatic heterocycles. The van der Waals surface area contributed by atoms with Crippen molar-refractivity contribution in [3.63, 3.8) is 0 Å². The molecule has 0 radical (unpaired) electrons. The van der Waals surface area contributed by atoms with Crippen LogP contribution < -0.4 is 5.32 Å². The molecule has 1 aromatic carbocycles. The van der Waals surface area contributed by atoms with Crippen LogP contribution in [0.25, 0.3) is 0 Å². The molecule has 4 nitrogen and oxygen atoms in total. The number of carbonyl (C=O) groups is 2. The van der Waals surface area contributed by atoms with Gasteiger partial charge in [-0.15, -0.1) is 0 Å². The first-order valence-corrected chi connectivity index (χ1v) is 6.45. The van der Waals surface area contributed by atoms with Crippen LogP contribution in [0.5, 0.6) is 0 Å². The van der Waals surface area contributed by atoms with E-state index in [2.05, 4.69) is 4.74 Å². The Kier molecular flexibility index (Phi) is 5.99. The van der Waals surface area contributed by atoms with Gasteiger partial charge in [0.15, 0.2) is 6.61 Å². The molecule has 1 N–H and O–H groups in total. The Bertz CT molecular complexity index is 608. The molecule has 0 atom stereocenters. The second-order valence-electron chi connectivity index (χ2n) is 4.57. The highest BCUT2D eigenvalue weighted by atomic mass is 35.5. The molecule has 0 fully saturated rings. The van der Waals surface area contributed by atoms with E-state index in [0.29, 0.717) is 11.6 Å². The summed E-state index contributed by atoms with van der Waals surface area (Å²) in [6.45, 7) is 2.62. The van der Waals surface area contributed by atoms with Gasteiger partial charge in [0, 0.05) is 11.1 Å². The SMILES string of the molecule is CC(C)=CC(=O)OCC(=O)Nc1ccc(Cl)cc1C(F)(F)F. The van der Waals surface area contributed by atoms with Crippen molar-refractivity contribution in [1.82, 2.24) is 0 Å². The third-order valence-corrected chi connectivity index (χ3v) is 2.55. The summed E-state index contributed by atoms with van der Waals surface area (Å²) in [5.74, 6) is -1.63. The van der Waals surface area contributed by atoms with Gasteiger partial charge in [-0.2, -0.15) is 13.2 Å². The van der Waals surface area contributed by atoms with Gasteiger partial charge >= 0.3 is 12.1 Å². The van der Waals surface area contributed by atoms with E-state index in [-0.39, 0.29) is 5.02 Å². The van der Waals surface area contributed by atoms with Crippen molar-refractivity contribution in [2.24, 2.45) is 0 Å². The summed E-state index contributed by atoms with van der Waals surface area (Å²) in [5.41, 5.74) is -0.869. The summed E-state index contributed by atoms with van der Waals surface area (Å²) in [5, 5.41) is 1.93. The molecule has 1 amide bonds. The molecule has 0 aliphatic carbocycles. The van der Waals surface area contributed by atoms with Gasteiger partial charge < -0.3 is 10.1 Å². The van der Waals surface area contributed by atoms with Crippen LogP contribution in [0.15, 0.2) is 29.8 Å². The number of carbonyl (C=O) groups excluding carboxylic acids is 2. The monoisotopic (exact) mass is 335 g/mol. The first-order valence-electron chi connectivity index (χ1n) is 6.08. The molecule has 0 spiro atoms. The molecule has 0 bridgehead atoms. The van der Waals surface area contributed by atoms with E-state index in [1.807, 2.05) is 5.32 Å². The minimum absolute atomic E-state index is 0.111. The molecule has 0 aliphatic rings. The standard InChI is InChI=1S/C14H13ClF3NO3/c1-8(2)5-13(21)22-7-12(20)19-11-4-3-9(15)6-10(11)14(16,17)18/h3-6H,7H2,1-2H3,(H,19,20). The molecule has 1 rings (SSSR count). The van der Waals surface area contributed by atoms with E-state index < -0.39 is 35.9 Å². The third kappa shape index (κ3) is 5.77. The number of benzene rings is 1. The minimum atomic E-state index is -4.67. The Balaban J connectivity index is 2.77. The van der Waals surface area contributed by atoms with Crippen molar-refractivity contribution in [2.45, 2.75) is 20.0 Å². The number of hydrogen-bond donors (Lipinski definition) is 1. The van der Waals surface area contributed by atoms with Gasteiger partial charge in [-0.25, -0.2) is 4.79 Å². The van der Waals surface area contributed by atoms with Crippen molar-refractivity contribution in [2.75, 3.05) is 11.9 Å². The van der Waals surface area contributed by atoms with Crippen molar-refractivity contribution < 1.29 is 27.5 Å². The van der Waals surface area contributed by atoms with Crippen LogP contribution >= 0.6 is 11.6 Å². The average Bonchev–Trinajstić information content (AvgIpc) is 2.36. The van der Waals surface area contributed by atoms with E-state index in [4.69, 9.17) is 11.6 Å². The molecule has 0 aromatic heterocycles. The van der Waals surface area contributed by atoms with Gasteiger partial charge in [0.05, 0.1) is 11.3 Å².